The van der Waals surface area contributed by atoms with Crippen LogP contribution in [0.25, 0.3) is 0 Å². The lowest BCUT2D eigenvalue weighted by Gasteiger charge is -2.44. The summed E-state index contributed by atoms with van der Waals surface area (Å²) in [6.07, 6.45) is 1.13. The number of pyridine rings is 1. The summed E-state index contributed by atoms with van der Waals surface area (Å²) in [5, 5.41) is 4.98. The second kappa shape index (κ2) is 7.05. The Balaban J connectivity index is 1.47. The third-order valence-electron chi connectivity index (χ3n) is 5.48. The number of halogens is 1. The highest BCUT2D eigenvalue weighted by Crippen LogP contribution is 2.35. The van der Waals surface area contributed by atoms with Gasteiger partial charge in [0.1, 0.15) is 0 Å². The fourth-order valence-corrected chi connectivity index (χ4v) is 4.63. The molecule has 0 unspecified atom stereocenters. The molecule has 0 amide bonds. The predicted molar refractivity (Wildman–Crippen MR) is 109 cm³/mol. The summed E-state index contributed by atoms with van der Waals surface area (Å²) < 4.78 is 1.95. The van der Waals surface area contributed by atoms with Gasteiger partial charge in [-0.3, -0.25) is 4.79 Å². The highest BCUT2D eigenvalue weighted by Gasteiger charge is 2.35. The van der Waals surface area contributed by atoms with Gasteiger partial charge in [-0.05, 0) is 55.2 Å². The minimum absolute atomic E-state index is 0.114. The van der Waals surface area contributed by atoms with E-state index >= 15 is 0 Å². The predicted octanol–water partition coefficient (Wildman–Crippen LogP) is 3.56. The standard InChI is InChI=1S/C20H22ClN3OS/c1-13(15-5-7-17(21)8-6-15)22-20(26)23-10-14-9-16(12-23)18-3-2-4-19(25)24(18)11-14/h2-8,13-14,16H,9-12H2,1H3,(H,22,26)/t13-,14-,16+/m0/s1. The van der Waals surface area contributed by atoms with Crippen LogP contribution >= 0.6 is 23.8 Å². The second-order valence-electron chi connectivity index (χ2n) is 7.33. The first-order valence-corrected chi connectivity index (χ1v) is 9.80. The number of nitrogens with zero attached hydrogens (tertiary/aromatic N) is 2. The Morgan fingerprint density at radius 2 is 1.96 bits per heavy atom. The quantitative estimate of drug-likeness (QED) is 0.799. The lowest BCUT2D eigenvalue weighted by Crippen LogP contribution is -2.52. The van der Waals surface area contributed by atoms with Gasteiger partial charge in [0.15, 0.2) is 5.11 Å². The molecule has 26 heavy (non-hydrogen) atoms. The average Bonchev–Trinajstić information content (AvgIpc) is 2.63. The van der Waals surface area contributed by atoms with Crippen molar-refractivity contribution in [3.8, 4) is 0 Å². The van der Waals surface area contributed by atoms with E-state index in [1.165, 1.54) is 0 Å². The maximum absolute atomic E-state index is 12.1. The van der Waals surface area contributed by atoms with E-state index in [1.54, 1.807) is 6.07 Å². The van der Waals surface area contributed by atoms with Crippen LogP contribution in [0.3, 0.4) is 0 Å². The molecule has 0 radical (unpaired) electrons. The molecule has 2 aliphatic rings. The number of hydrogen-bond acceptors (Lipinski definition) is 2. The van der Waals surface area contributed by atoms with E-state index in [4.69, 9.17) is 23.8 Å². The van der Waals surface area contributed by atoms with Crippen molar-refractivity contribution in [1.29, 1.82) is 0 Å². The zero-order valence-electron chi connectivity index (χ0n) is 14.7. The number of benzene rings is 1. The Kier molecular flexibility index (Phi) is 4.76. The van der Waals surface area contributed by atoms with Crippen LogP contribution in [0.1, 0.15) is 36.6 Å². The maximum Gasteiger partial charge on any atom is 0.250 e. The van der Waals surface area contributed by atoms with E-state index in [-0.39, 0.29) is 11.6 Å². The number of hydrogen-bond donors (Lipinski definition) is 1. The topological polar surface area (TPSA) is 37.3 Å². The van der Waals surface area contributed by atoms with Crippen molar-refractivity contribution in [2.45, 2.75) is 31.8 Å². The van der Waals surface area contributed by atoms with Gasteiger partial charge in [-0.25, -0.2) is 0 Å². The molecule has 4 nitrogen and oxygen atoms in total. The summed E-state index contributed by atoms with van der Waals surface area (Å²) in [5.41, 5.74) is 2.42. The van der Waals surface area contributed by atoms with Gasteiger partial charge in [0.05, 0.1) is 6.04 Å². The average molecular weight is 388 g/mol. The van der Waals surface area contributed by atoms with Crippen molar-refractivity contribution >= 4 is 28.9 Å². The zero-order chi connectivity index (χ0) is 18.3. The van der Waals surface area contributed by atoms with Crippen molar-refractivity contribution in [3.63, 3.8) is 0 Å². The fraction of sp³-hybridized carbons (Fsp3) is 0.400. The Morgan fingerprint density at radius 3 is 2.73 bits per heavy atom. The minimum atomic E-state index is 0.114. The largest absolute Gasteiger partial charge is 0.356 e. The summed E-state index contributed by atoms with van der Waals surface area (Å²) in [6.45, 7) is 4.65. The maximum atomic E-state index is 12.1. The lowest BCUT2D eigenvalue weighted by atomic mass is 9.83. The molecule has 136 valence electrons. The van der Waals surface area contributed by atoms with Crippen molar-refractivity contribution in [1.82, 2.24) is 14.8 Å². The Labute approximate surface area is 163 Å². The Morgan fingerprint density at radius 1 is 1.19 bits per heavy atom. The number of rotatable bonds is 2. The molecule has 1 aromatic carbocycles. The molecule has 0 aliphatic carbocycles. The first-order valence-electron chi connectivity index (χ1n) is 9.02. The first-order chi connectivity index (χ1) is 12.5. The second-order valence-corrected chi connectivity index (χ2v) is 8.15. The minimum Gasteiger partial charge on any atom is -0.356 e. The molecule has 0 saturated carbocycles. The molecule has 1 fully saturated rings. The smallest absolute Gasteiger partial charge is 0.250 e. The van der Waals surface area contributed by atoms with Gasteiger partial charge >= 0.3 is 0 Å². The van der Waals surface area contributed by atoms with Crippen molar-refractivity contribution in [3.05, 3.63) is 69.1 Å². The van der Waals surface area contributed by atoms with Gasteiger partial charge < -0.3 is 14.8 Å². The summed E-state index contributed by atoms with van der Waals surface area (Å²) in [5.74, 6) is 0.828. The van der Waals surface area contributed by atoms with Crippen LogP contribution in [0.15, 0.2) is 47.3 Å². The third-order valence-corrected chi connectivity index (χ3v) is 6.10. The number of likely N-dealkylation sites (tertiary alicyclic amines) is 1. The van der Waals surface area contributed by atoms with Crippen LogP contribution < -0.4 is 10.9 Å². The highest BCUT2D eigenvalue weighted by atomic mass is 35.5. The summed E-state index contributed by atoms with van der Waals surface area (Å²) in [4.78, 5) is 14.4. The number of thiocarbonyl (C=S) groups is 1. The van der Waals surface area contributed by atoms with Crippen LogP contribution in [0.2, 0.25) is 5.02 Å². The van der Waals surface area contributed by atoms with Gasteiger partial charge in [0, 0.05) is 42.3 Å². The highest BCUT2D eigenvalue weighted by molar-refractivity contribution is 7.80. The van der Waals surface area contributed by atoms with Gasteiger partial charge in [-0.1, -0.05) is 29.8 Å². The molecule has 2 bridgehead atoms. The molecule has 1 aromatic heterocycles. The monoisotopic (exact) mass is 387 g/mol. The van der Waals surface area contributed by atoms with Crippen LogP contribution in [-0.4, -0.2) is 27.7 Å². The number of nitrogens with one attached hydrogen (secondary N) is 1. The SMILES string of the molecule is C[C@H](NC(=S)N1C[C@@H]2C[C@H](C1)c1cccc(=O)n1C2)c1ccc(Cl)cc1. The Hall–Kier alpha value is -1.85. The molecular weight excluding hydrogens is 366 g/mol. The van der Waals surface area contributed by atoms with Gasteiger partial charge in [-0.15, -0.1) is 0 Å². The van der Waals surface area contributed by atoms with Crippen LogP contribution in [-0.2, 0) is 6.54 Å². The van der Waals surface area contributed by atoms with Crippen LogP contribution in [0, 0.1) is 5.92 Å². The van der Waals surface area contributed by atoms with E-state index in [0.717, 1.165) is 47.4 Å². The van der Waals surface area contributed by atoms with Gasteiger partial charge in [0.25, 0.3) is 5.56 Å². The number of piperidine rings is 1. The number of fused-ring (bicyclic) bond motifs is 4. The molecule has 6 heteroatoms. The van der Waals surface area contributed by atoms with Crippen molar-refractivity contribution < 1.29 is 0 Å². The molecule has 4 rings (SSSR count). The molecule has 3 heterocycles. The van der Waals surface area contributed by atoms with Crippen LogP contribution in [0.4, 0.5) is 0 Å². The van der Waals surface area contributed by atoms with E-state index < -0.39 is 0 Å². The zero-order valence-corrected chi connectivity index (χ0v) is 16.3. The lowest BCUT2D eigenvalue weighted by molar-refractivity contribution is 0.176. The summed E-state index contributed by atoms with van der Waals surface area (Å²) in [6, 6.07) is 13.6. The van der Waals surface area contributed by atoms with E-state index in [9.17, 15) is 4.79 Å². The van der Waals surface area contributed by atoms with Gasteiger partial charge in [-0.2, -0.15) is 0 Å². The molecule has 3 atom stereocenters. The van der Waals surface area contributed by atoms with E-state index in [0.29, 0.717) is 11.8 Å². The van der Waals surface area contributed by atoms with Gasteiger partial charge in [0.2, 0.25) is 0 Å². The Bertz CT molecular complexity index is 879. The molecule has 2 aromatic rings. The van der Waals surface area contributed by atoms with Crippen molar-refractivity contribution in [2.75, 3.05) is 13.1 Å². The van der Waals surface area contributed by atoms with Crippen molar-refractivity contribution in [2.24, 2.45) is 5.92 Å². The normalized spacial score (nSPS) is 22.5. The number of aromatic nitrogens is 1. The summed E-state index contributed by atoms with van der Waals surface area (Å²) in [7, 11) is 0. The summed E-state index contributed by atoms with van der Waals surface area (Å²) >= 11 is 11.7. The molecule has 2 aliphatic heterocycles. The van der Waals surface area contributed by atoms with E-state index in [2.05, 4.69) is 23.2 Å². The third kappa shape index (κ3) is 3.38. The molecule has 1 saturated heterocycles. The van der Waals surface area contributed by atoms with Crippen LogP contribution in [0.5, 0.6) is 0 Å². The first kappa shape index (κ1) is 17.6. The molecular formula is C20H22ClN3OS. The van der Waals surface area contributed by atoms with E-state index in [1.807, 2.05) is 34.9 Å². The fourth-order valence-electron chi connectivity index (χ4n) is 4.17. The molecule has 1 N–H and O–H groups in total. The molecule has 0 spiro atoms.